The molecule has 0 saturated carbocycles. The third-order valence-electron chi connectivity index (χ3n) is 3.17. The normalized spacial score (nSPS) is 10.6. The summed E-state index contributed by atoms with van der Waals surface area (Å²) in [6.45, 7) is 0.145. The zero-order valence-corrected chi connectivity index (χ0v) is 15.2. The lowest BCUT2D eigenvalue weighted by Crippen LogP contribution is -1.97. The number of methoxy groups -OCH3 is 1. The fourth-order valence-corrected chi connectivity index (χ4v) is 2.58. The maximum Gasteiger partial charge on any atom is 0.163 e. The van der Waals surface area contributed by atoms with Gasteiger partial charge in [-0.15, -0.1) is 6.42 Å². The van der Waals surface area contributed by atoms with Gasteiger partial charge in [-0.3, -0.25) is 0 Å². The van der Waals surface area contributed by atoms with Gasteiger partial charge >= 0.3 is 0 Å². The average molecular weight is 403 g/mol. The molecule has 2 aromatic carbocycles. The predicted molar refractivity (Wildman–Crippen MR) is 100.0 cm³/mol. The summed E-state index contributed by atoms with van der Waals surface area (Å²) in [5, 5.41) is 10.1. The lowest BCUT2D eigenvalue weighted by atomic mass is 10.0. The van der Waals surface area contributed by atoms with Crippen molar-refractivity contribution in [2.24, 2.45) is 0 Å². The second-order valence-corrected chi connectivity index (χ2v) is 5.98. The van der Waals surface area contributed by atoms with Crippen LogP contribution in [0.4, 0.5) is 0 Å². The second-order valence-electron chi connectivity index (χ2n) is 4.69. The highest BCUT2D eigenvalue weighted by Gasteiger charge is 2.10. The van der Waals surface area contributed by atoms with E-state index in [0.29, 0.717) is 22.1 Å². The van der Waals surface area contributed by atoms with E-state index in [1.54, 1.807) is 49.6 Å². The molecule has 0 spiro atoms. The van der Waals surface area contributed by atoms with E-state index in [4.69, 9.17) is 27.5 Å². The number of terminal acetylenes is 1. The average Bonchev–Trinajstić information content (AvgIpc) is 2.60. The Hall–Kier alpha value is -2.40. The molecule has 5 heteroatoms. The summed E-state index contributed by atoms with van der Waals surface area (Å²) in [5.41, 5.74) is 2.07. The third kappa shape index (κ3) is 4.32. The first-order valence-corrected chi connectivity index (χ1v) is 8.07. The Kier molecular flexibility index (Phi) is 6.32. The number of nitriles is 1. The molecule has 0 aliphatic heterocycles. The molecule has 0 aliphatic carbocycles. The smallest absolute Gasteiger partial charge is 0.163 e. The molecule has 0 fully saturated rings. The molecule has 0 saturated heterocycles. The molecular formula is C19H13BrClNO2. The zero-order chi connectivity index (χ0) is 17.5. The predicted octanol–water partition coefficient (Wildman–Crippen LogP) is 5.19. The van der Waals surface area contributed by atoms with Gasteiger partial charge in [0.15, 0.2) is 11.5 Å². The van der Waals surface area contributed by atoms with Gasteiger partial charge < -0.3 is 9.47 Å². The van der Waals surface area contributed by atoms with Crippen LogP contribution in [0.25, 0.3) is 11.6 Å². The first-order chi connectivity index (χ1) is 11.6. The molecule has 0 heterocycles. The van der Waals surface area contributed by atoms with Gasteiger partial charge in [0, 0.05) is 9.50 Å². The Morgan fingerprint density at radius 1 is 1.29 bits per heavy atom. The van der Waals surface area contributed by atoms with Crippen LogP contribution in [0.2, 0.25) is 5.02 Å². The van der Waals surface area contributed by atoms with Crippen LogP contribution < -0.4 is 9.47 Å². The van der Waals surface area contributed by atoms with Crippen LogP contribution >= 0.6 is 27.5 Å². The molecule has 120 valence electrons. The number of hydrogen-bond donors (Lipinski definition) is 0. The molecule has 3 nitrogen and oxygen atoms in total. The van der Waals surface area contributed by atoms with Crippen LogP contribution in [-0.2, 0) is 0 Å². The van der Waals surface area contributed by atoms with Crippen LogP contribution in [0, 0.1) is 23.7 Å². The topological polar surface area (TPSA) is 42.2 Å². The van der Waals surface area contributed by atoms with Gasteiger partial charge in [0.25, 0.3) is 0 Å². The molecule has 0 radical (unpaired) electrons. The van der Waals surface area contributed by atoms with Crippen molar-refractivity contribution >= 4 is 39.2 Å². The van der Waals surface area contributed by atoms with Crippen molar-refractivity contribution in [3.8, 4) is 29.9 Å². The zero-order valence-electron chi connectivity index (χ0n) is 12.8. The lowest BCUT2D eigenvalue weighted by Gasteiger charge is -2.11. The largest absolute Gasteiger partial charge is 0.493 e. The maximum atomic E-state index is 9.45. The van der Waals surface area contributed by atoms with Crippen molar-refractivity contribution in [2.45, 2.75) is 0 Å². The Morgan fingerprint density at radius 2 is 2.00 bits per heavy atom. The number of rotatable bonds is 5. The van der Waals surface area contributed by atoms with Gasteiger partial charge in [-0.05, 0) is 41.5 Å². The van der Waals surface area contributed by atoms with Gasteiger partial charge in [-0.1, -0.05) is 45.6 Å². The summed E-state index contributed by atoms with van der Waals surface area (Å²) in [6.07, 6.45) is 6.98. The summed E-state index contributed by atoms with van der Waals surface area (Å²) in [7, 11) is 1.55. The highest BCUT2D eigenvalue weighted by atomic mass is 79.9. The monoisotopic (exact) mass is 401 g/mol. The second kappa shape index (κ2) is 8.45. The van der Waals surface area contributed by atoms with E-state index < -0.39 is 0 Å². The van der Waals surface area contributed by atoms with E-state index in [1.807, 2.05) is 0 Å². The molecule has 0 atom stereocenters. The maximum absolute atomic E-state index is 9.45. The number of halogens is 2. The summed E-state index contributed by atoms with van der Waals surface area (Å²) >= 11 is 9.37. The van der Waals surface area contributed by atoms with Crippen molar-refractivity contribution in [3.63, 3.8) is 0 Å². The van der Waals surface area contributed by atoms with Crippen molar-refractivity contribution in [1.29, 1.82) is 5.26 Å². The molecule has 2 aromatic rings. The Bertz CT molecular complexity index is 845. The quantitative estimate of drug-likeness (QED) is 0.393. The molecule has 2 rings (SSSR count). The third-order valence-corrected chi connectivity index (χ3v) is 4.11. The molecule has 0 N–H and O–H groups in total. The highest BCUT2D eigenvalue weighted by Crippen LogP contribution is 2.35. The lowest BCUT2D eigenvalue weighted by molar-refractivity contribution is 0.330. The van der Waals surface area contributed by atoms with Gasteiger partial charge in [0.05, 0.1) is 18.8 Å². The SMILES string of the molecule is C#CCOc1cc(Br)c(/C=C(\C#N)c2ccc(Cl)cc2)cc1OC. The molecule has 0 bridgehead atoms. The van der Waals surface area contributed by atoms with Crippen LogP contribution in [-0.4, -0.2) is 13.7 Å². The van der Waals surface area contributed by atoms with Crippen LogP contribution in [0.1, 0.15) is 11.1 Å². The minimum atomic E-state index is 0.145. The van der Waals surface area contributed by atoms with E-state index in [1.165, 1.54) is 0 Å². The highest BCUT2D eigenvalue weighted by molar-refractivity contribution is 9.10. The van der Waals surface area contributed by atoms with Crippen molar-refractivity contribution in [1.82, 2.24) is 0 Å². The standard InChI is InChI=1S/C19H13BrClNO2/c1-3-8-24-19-11-17(20)14(10-18(19)23-2)9-15(12-22)13-4-6-16(21)7-5-13/h1,4-7,9-11H,8H2,2H3/b15-9+. The van der Waals surface area contributed by atoms with Gasteiger partial charge in [-0.2, -0.15) is 5.26 Å². The molecule has 0 aliphatic rings. The van der Waals surface area contributed by atoms with Crippen molar-refractivity contribution < 1.29 is 9.47 Å². The molecular weight excluding hydrogens is 390 g/mol. The Labute approximate surface area is 154 Å². The molecule has 0 aromatic heterocycles. The minimum Gasteiger partial charge on any atom is -0.493 e. The summed E-state index contributed by atoms with van der Waals surface area (Å²) in [6, 6.07) is 12.8. The molecule has 0 amide bonds. The first kappa shape index (κ1) is 17.9. The minimum absolute atomic E-state index is 0.145. The Morgan fingerprint density at radius 3 is 2.58 bits per heavy atom. The van der Waals surface area contributed by atoms with Gasteiger partial charge in [-0.25, -0.2) is 0 Å². The number of allylic oxidation sites excluding steroid dienone is 1. The van der Waals surface area contributed by atoms with E-state index in [-0.39, 0.29) is 6.61 Å². The summed E-state index contributed by atoms with van der Waals surface area (Å²) in [5.74, 6) is 3.48. The van der Waals surface area contributed by atoms with Gasteiger partial charge in [0.1, 0.15) is 6.61 Å². The van der Waals surface area contributed by atoms with E-state index in [9.17, 15) is 5.26 Å². The summed E-state index contributed by atoms with van der Waals surface area (Å²) < 4.78 is 11.5. The fourth-order valence-electron chi connectivity index (χ4n) is 2.02. The van der Waals surface area contributed by atoms with Crippen LogP contribution in [0.5, 0.6) is 11.5 Å². The van der Waals surface area contributed by atoms with E-state index in [0.717, 1.165) is 15.6 Å². The fraction of sp³-hybridized carbons (Fsp3) is 0.105. The van der Waals surface area contributed by atoms with Crippen molar-refractivity contribution in [2.75, 3.05) is 13.7 Å². The Balaban J connectivity index is 2.45. The van der Waals surface area contributed by atoms with E-state index in [2.05, 4.69) is 27.9 Å². The van der Waals surface area contributed by atoms with Crippen LogP contribution in [0.3, 0.4) is 0 Å². The van der Waals surface area contributed by atoms with Crippen LogP contribution in [0.15, 0.2) is 40.9 Å². The number of ether oxygens (including phenoxy) is 2. The number of nitrogens with zero attached hydrogens (tertiary/aromatic N) is 1. The van der Waals surface area contributed by atoms with Crippen molar-refractivity contribution in [3.05, 3.63) is 57.0 Å². The summed E-state index contributed by atoms with van der Waals surface area (Å²) in [4.78, 5) is 0. The number of hydrogen-bond acceptors (Lipinski definition) is 3. The molecule has 0 unspecified atom stereocenters. The van der Waals surface area contributed by atoms with Gasteiger partial charge in [0.2, 0.25) is 0 Å². The number of benzene rings is 2. The first-order valence-electron chi connectivity index (χ1n) is 6.90. The van der Waals surface area contributed by atoms with E-state index >= 15 is 0 Å². The molecule has 24 heavy (non-hydrogen) atoms.